The van der Waals surface area contributed by atoms with Gasteiger partial charge in [0.25, 0.3) is 0 Å². The van der Waals surface area contributed by atoms with Gasteiger partial charge in [-0.25, -0.2) is 4.39 Å². The predicted octanol–water partition coefficient (Wildman–Crippen LogP) is 2.25. The Hall–Kier alpha value is -1.23. The highest BCUT2D eigenvalue weighted by atomic mass is 32.2. The van der Waals surface area contributed by atoms with Crippen molar-refractivity contribution in [3.63, 3.8) is 0 Å². The molecule has 0 saturated heterocycles. The van der Waals surface area contributed by atoms with Gasteiger partial charge in [0.1, 0.15) is 5.82 Å². The van der Waals surface area contributed by atoms with E-state index in [4.69, 9.17) is 5.11 Å². The summed E-state index contributed by atoms with van der Waals surface area (Å²) in [6.07, 6.45) is -0.138. The van der Waals surface area contributed by atoms with Gasteiger partial charge in [0.2, 0.25) is 0 Å². The molecule has 0 aromatic heterocycles. The zero-order chi connectivity index (χ0) is 13.0. The van der Waals surface area contributed by atoms with E-state index in [0.29, 0.717) is 5.56 Å². The summed E-state index contributed by atoms with van der Waals surface area (Å²) in [7, 11) is -1.30. The molecule has 5 heteroatoms. The minimum atomic E-state index is -1.30. The summed E-state index contributed by atoms with van der Waals surface area (Å²) in [5, 5.41) is 8.17. The molecule has 94 valence electrons. The molecule has 0 heterocycles. The molecule has 1 N–H and O–H groups in total. The van der Waals surface area contributed by atoms with Crippen molar-refractivity contribution < 1.29 is 18.5 Å². The summed E-state index contributed by atoms with van der Waals surface area (Å²) in [6, 6.07) is 4.33. The SMILES string of the molecule is Cc1ccc(F)cc1CS(=O)C(C)CC(=O)O. The molecule has 0 amide bonds. The second kappa shape index (κ2) is 5.91. The Labute approximate surface area is 102 Å². The molecular formula is C12H15FO3S. The molecule has 0 fully saturated rings. The van der Waals surface area contributed by atoms with Gasteiger partial charge in [-0.2, -0.15) is 0 Å². The number of aliphatic carboxylic acids is 1. The maximum absolute atomic E-state index is 13.0. The number of aryl methyl sites for hydroxylation is 1. The van der Waals surface area contributed by atoms with Gasteiger partial charge in [-0.1, -0.05) is 13.0 Å². The smallest absolute Gasteiger partial charge is 0.304 e. The molecule has 17 heavy (non-hydrogen) atoms. The normalized spacial score (nSPS) is 14.3. The fourth-order valence-electron chi connectivity index (χ4n) is 1.43. The molecule has 0 saturated carbocycles. The summed E-state index contributed by atoms with van der Waals surface area (Å²) >= 11 is 0. The first-order chi connectivity index (χ1) is 7.90. The highest BCUT2D eigenvalue weighted by Crippen LogP contribution is 2.15. The number of hydrogen-bond donors (Lipinski definition) is 1. The molecule has 1 aromatic carbocycles. The number of carboxylic acid groups (broad SMARTS) is 1. The lowest BCUT2D eigenvalue weighted by atomic mass is 10.1. The van der Waals surface area contributed by atoms with E-state index >= 15 is 0 Å². The van der Waals surface area contributed by atoms with Crippen molar-refractivity contribution in [2.45, 2.75) is 31.3 Å². The molecule has 1 rings (SSSR count). The number of carbonyl (C=O) groups is 1. The molecule has 0 radical (unpaired) electrons. The Balaban J connectivity index is 2.73. The molecule has 1 aromatic rings. The lowest BCUT2D eigenvalue weighted by Crippen LogP contribution is -2.17. The fourth-order valence-corrected chi connectivity index (χ4v) is 2.66. The quantitative estimate of drug-likeness (QED) is 0.881. The number of rotatable bonds is 5. The van der Waals surface area contributed by atoms with Crippen LogP contribution in [0, 0.1) is 12.7 Å². The second-order valence-electron chi connectivity index (χ2n) is 4.00. The van der Waals surface area contributed by atoms with Crippen LogP contribution in [0.15, 0.2) is 18.2 Å². The van der Waals surface area contributed by atoms with Gasteiger partial charge in [0.05, 0.1) is 6.42 Å². The largest absolute Gasteiger partial charge is 0.481 e. The lowest BCUT2D eigenvalue weighted by molar-refractivity contribution is -0.136. The van der Waals surface area contributed by atoms with Crippen LogP contribution >= 0.6 is 0 Å². The molecular weight excluding hydrogens is 243 g/mol. The minimum Gasteiger partial charge on any atom is -0.481 e. The zero-order valence-corrected chi connectivity index (χ0v) is 10.6. The highest BCUT2D eigenvalue weighted by Gasteiger charge is 2.16. The van der Waals surface area contributed by atoms with E-state index in [9.17, 15) is 13.4 Å². The van der Waals surface area contributed by atoms with Gasteiger partial charge in [0.15, 0.2) is 0 Å². The van der Waals surface area contributed by atoms with Crippen LogP contribution in [-0.4, -0.2) is 20.5 Å². The van der Waals surface area contributed by atoms with E-state index in [-0.39, 0.29) is 18.0 Å². The van der Waals surface area contributed by atoms with Crippen molar-refractivity contribution in [3.8, 4) is 0 Å². The zero-order valence-electron chi connectivity index (χ0n) is 9.77. The Morgan fingerprint density at radius 1 is 1.53 bits per heavy atom. The van der Waals surface area contributed by atoms with Crippen molar-refractivity contribution in [1.29, 1.82) is 0 Å². The maximum atomic E-state index is 13.0. The number of halogens is 1. The first kappa shape index (κ1) is 13.8. The first-order valence-electron chi connectivity index (χ1n) is 5.24. The summed E-state index contributed by atoms with van der Waals surface area (Å²) < 4.78 is 24.9. The molecule has 0 aliphatic carbocycles. The van der Waals surface area contributed by atoms with Gasteiger partial charge >= 0.3 is 5.97 Å². The van der Waals surface area contributed by atoms with E-state index in [2.05, 4.69) is 0 Å². The van der Waals surface area contributed by atoms with E-state index in [1.165, 1.54) is 12.1 Å². The Bertz CT molecular complexity index is 445. The predicted molar refractivity (Wildman–Crippen MR) is 64.7 cm³/mol. The summed E-state index contributed by atoms with van der Waals surface area (Å²) in [4.78, 5) is 10.5. The molecule has 0 aliphatic rings. The van der Waals surface area contributed by atoms with Gasteiger partial charge in [0, 0.05) is 21.8 Å². The molecule has 0 spiro atoms. The van der Waals surface area contributed by atoms with E-state index < -0.39 is 22.0 Å². The van der Waals surface area contributed by atoms with Crippen LogP contribution in [0.2, 0.25) is 0 Å². The van der Waals surface area contributed by atoms with Crippen molar-refractivity contribution in [1.82, 2.24) is 0 Å². The monoisotopic (exact) mass is 258 g/mol. The van der Waals surface area contributed by atoms with E-state index in [1.54, 1.807) is 13.0 Å². The van der Waals surface area contributed by atoms with Crippen LogP contribution in [0.4, 0.5) is 4.39 Å². The van der Waals surface area contributed by atoms with Gasteiger partial charge < -0.3 is 5.11 Å². The van der Waals surface area contributed by atoms with E-state index in [1.807, 2.05) is 6.92 Å². The molecule has 0 aliphatic heterocycles. The Kier molecular flexibility index (Phi) is 4.81. The lowest BCUT2D eigenvalue weighted by Gasteiger charge is -2.10. The van der Waals surface area contributed by atoms with Gasteiger partial charge in [-0.3, -0.25) is 9.00 Å². The standard InChI is InChI=1S/C12H15FO3S/c1-8-3-4-11(13)6-10(8)7-17(16)9(2)5-12(14)15/h3-4,6,9H,5,7H2,1-2H3,(H,14,15). The van der Waals surface area contributed by atoms with Crippen LogP contribution in [0.25, 0.3) is 0 Å². The molecule has 2 atom stereocenters. The van der Waals surface area contributed by atoms with Crippen molar-refractivity contribution in [3.05, 3.63) is 35.1 Å². The van der Waals surface area contributed by atoms with Crippen molar-refractivity contribution in [2.24, 2.45) is 0 Å². The average molecular weight is 258 g/mol. The van der Waals surface area contributed by atoms with Gasteiger partial charge in [-0.05, 0) is 30.2 Å². The first-order valence-corrected chi connectivity index (χ1v) is 6.62. The summed E-state index contributed by atoms with van der Waals surface area (Å²) in [5.41, 5.74) is 1.53. The third-order valence-electron chi connectivity index (χ3n) is 2.52. The van der Waals surface area contributed by atoms with Crippen molar-refractivity contribution >= 4 is 16.8 Å². The molecule has 0 bridgehead atoms. The Morgan fingerprint density at radius 2 is 2.18 bits per heavy atom. The third kappa shape index (κ3) is 4.26. The molecule has 2 unspecified atom stereocenters. The van der Waals surface area contributed by atoms with Crippen LogP contribution in [0.1, 0.15) is 24.5 Å². The van der Waals surface area contributed by atoms with Crippen LogP contribution < -0.4 is 0 Å². The third-order valence-corrected chi connectivity index (χ3v) is 4.18. The summed E-state index contributed by atoms with van der Waals surface area (Å²) in [6.45, 7) is 3.44. The van der Waals surface area contributed by atoms with Crippen LogP contribution in [0.5, 0.6) is 0 Å². The number of hydrogen-bond acceptors (Lipinski definition) is 2. The van der Waals surface area contributed by atoms with E-state index in [0.717, 1.165) is 5.56 Å². The van der Waals surface area contributed by atoms with Crippen LogP contribution in [-0.2, 0) is 21.3 Å². The highest BCUT2D eigenvalue weighted by molar-refractivity contribution is 7.84. The summed E-state index contributed by atoms with van der Waals surface area (Å²) in [5.74, 6) is -1.15. The van der Waals surface area contributed by atoms with Gasteiger partial charge in [-0.15, -0.1) is 0 Å². The Morgan fingerprint density at radius 3 is 2.76 bits per heavy atom. The number of carboxylic acids is 1. The topological polar surface area (TPSA) is 54.4 Å². The van der Waals surface area contributed by atoms with Crippen molar-refractivity contribution in [2.75, 3.05) is 0 Å². The maximum Gasteiger partial charge on any atom is 0.304 e. The minimum absolute atomic E-state index is 0.138. The van der Waals surface area contributed by atoms with Crippen LogP contribution in [0.3, 0.4) is 0 Å². The molecule has 3 nitrogen and oxygen atoms in total. The second-order valence-corrected chi connectivity index (χ2v) is 5.86. The number of benzene rings is 1. The average Bonchev–Trinajstić information content (AvgIpc) is 2.22. The fraction of sp³-hybridized carbons (Fsp3) is 0.417.